The van der Waals surface area contributed by atoms with E-state index in [-0.39, 0.29) is 17.9 Å². The SMILES string of the molecule is COc1c(NSC)cc(C(C)(C)C)cc1NC(=O)c1ccc(C)c(Nc2ncnc3cnc(N4CCN(CCO)CC4)nc23)c1. The molecule has 0 atom stereocenters. The van der Waals surface area contributed by atoms with Gasteiger partial charge in [-0.1, -0.05) is 38.8 Å². The second kappa shape index (κ2) is 13.8. The summed E-state index contributed by atoms with van der Waals surface area (Å²) in [6, 6.07) is 9.52. The first-order chi connectivity index (χ1) is 21.6. The molecular formula is C32H41N9O3S. The normalized spacial score (nSPS) is 14.0. The van der Waals surface area contributed by atoms with Crippen molar-refractivity contribution in [3.05, 3.63) is 59.5 Å². The number of fused-ring (bicyclic) bond motifs is 1. The molecule has 2 aromatic carbocycles. The van der Waals surface area contributed by atoms with Gasteiger partial charge in [0.15, 0.2) is 11.6 Å². The van der Waals surface area contributed by atoms with Crippen LogP contribution in [0.3, 0.4) is 0 Å². The van der Waals surface area contributed by atoms with Crippen LogP contribution >= 0.6 is 11.9 Å². The van der Waals surface area contributed by atoms with Crippen LogP contribution in [0.4, 0.5) is 28.8 Å². The monoisotopic (exact) mass is 631 g/mol. The summed E-state index contributed by atoms with van der Waals surface area (Å²) in [4.78, 5) is 36.2. The number of aromatic nitrogens is 4. The number of carbonyl (C=O) groups is 1. The van der Waals surface area contributed by atoms with Gasteiger partial charge in [0.25, 0.3) is 5.91 Å². The number of anilines is 5. The van der Waals surface area contributed by atoms with E-state index in [0.29, 0.717) is 46.3 Å². The van der Waals surface area contributed by atoms with E-state index in [4.69, 9.17) is 9.72 Å². The van der Waals surface area contributed by atoms with E-state index >= 15 is 0 Å². The molecule has 4 aromatic rings. The van der Waals surface area contributed by atoms with Crippen LogP contribution < -0.4 is 25.0 Å². The molecule has 0 radical (unpaired) electrons. The number of aliphatic hydroxyl groups is 1. The summed E-state index contributed by atoms with van der Waals surface area (Å²) < 4.78 is 9.00. The molecule has 12 nitrogen and oxygen atoms in total. The number of carbonyl (C=O) groups excluding carboxylic acids is 1. The van der Waals surface area contributed by atoms with Gasteiger partial charge in [0.05, 0.1) is 31.3 Å². The smallest absolute Gasteiger partial charge is 0.255 e. The summed E-state index contributed by atoms with van der Waals surface area (Å²) in [6.07, 6.45) is 5.12. The molecule has 13 heteroatoms. The fourth-order valence-electron chi connectivity index (χ4n) is 5.18. The van der Waals surface area contributed by atoms with Crippen LogP contribution in [-0.2, 0) is 5.41 Å². The third-order valence-electron chi connectivity index (χ3n) is 7.81. The van der Waals surface area contributed by atoms with E-state index in [1.54, 1.807) is 19.4 Å². The van der Waals surface area contributed by atoms with Crippen LogP contribution in [0.25, 0.3) is 11.0 Å². The van der Waals surface area contributed by atoms with E-state index in [1.165, 1.54) is 18.3 Å². The zero-order chi connectivity index (χ0) is 32.1. The maximum absolute atomic E-state index is 13.6. The number of rotatable bonds is 10. The van der Waals surface area contributed by atoms with Crippen molar-refractivity contribution < 1.29 is 14.6 Å². The molecule has 1 saturated heterocycles. The number of aliphatic hydroxyl groups excluding tert-OH is 1. The molecule has 3 heterocycles. The van der Waals surface area contributed by atoms with Crippen molar-refractivity contribution in [2.24, 2.45) is 0 Å². The first-order valence-corrected chi connectivity index (χ1v) is 16.1. The van der Waals surface area contributed by atoms with Crippen molar-refractivity contribution >= 4 is 57.7 Å². The van der Waals surface area contributed by atoms with Gasteiger partial charge in [-0.3, -0.25) is 9.69 Å². The van der Waals surface area contributed by atoms with E-state index in [0.717, 1.165) is 48.7 Å². The lowest BCUT2D eigenvalue weighted by atomic mass is 9.86. The largest absolute Gasteiger partial charge is 0.492 e. The molecule has 0 spiro atoms. The molecule has 0 aliphatic carbocycles. The zero-order valence-electron chi connectivity index (χ0n) is 26.6. The summed E-state index contributed by atoms with van der Waals surface area (Å²) >= 11 is 1.46. The van der Waals surface area contributed by atoms with Gasteiger partial charge in [0.2, 0.25) is 5.95 Å². The summed E-state index contributed by atoms with van der Waals surface area (Å²) in [7, 11) is 1.60. The van der Waals surface area contributed by atoms with Gasteiger partial charge in [0, 0.05) is 50.2 Å². The van der Waals surface area contributed by atoms with Crippen molar-refractivity contribution in [1.82, 2.24) is 24.8 Å². The van der Waals surface area contributed by atoms with Gasteiger partial charge < -0.3 is 30.1 Å². The number of piperazine rings is 1. The maximum Gasteiger partial charge on any atom is 0.255 e. The number of β-amino-alcohol motifs (C(OH)–C–C–N with tert-alkyl or cyclic N) is 1. The minimum atomic E-state index is -0.269. The Hall–Kier alpha value is -4.20. The average molecular weight is 632 g/mol. The van der Waals surface area contributed by atoms with Gasteiger partial charge >= 0.3 is 0 Å². The van der Waals surface area contributed by atoms with E-state index in [1.807, 2.05) is 31.4 Å². The van der Waals surface area contributed by atoms with Gasteiger partial charge in [-0.15, -0.1) is 0 Å². The molecule has 1 fully saturated rings. The number of amides is 1. The molecule has 238 valence electrons. The molecule has 2 aromatic heterocycles. The Morgan fingerprint density at radius 3 is 2.49 bits per heavy atom. The second-order valence-corrected chi connectivity index (χ2v) is 12.6. The summed E-state index contributed by atoms with van der Waals surface area (Å²) in [5.74, 6) is 1.43. The van der Waals surface area contributed by atoms with Gasteiger partial charge in [-0.25, -0.2) is 19.9 Å². The number of hydrogen-bond donors (Lipinski definition) is 4. The third kappa shape index (κ3) is 7.38. The highest BCUT2D eigenvalue weighted by Crippen LogP contribution is 2.40. The van der Waals surface area contributed by atoms with Crippen molar-refractivity contribution in [3.8, 4) is 5.75 Å². The molecule has 0 unspecified atom stereocenters. The molecule has 5 rings (SSSR count). The third-order valence-corrected chi connectivity index (χ3v) is 8.23. The second-order valence-electron chi connectivity index (χ2n) is 11.9. The Morgan fingerprint density at radius 2 is 1.80 bits per heavy atom. The maximum atomic E-state index is 13.6. The summed E-state index contributed by atoms with van der Waals surface area (Å²) in [6.45, 7) is 12.3. The number of methoxy groups -OCH3 is 1. The zero-order valence-corrected chi connectivity index (χ0v) is 27.5. The lowest BCUT2D eigenvalue weighted by molar-refractivity contribution is 0.102. The fraction of sp³-hybridized carbons (Fsp3) is 0.406. The lowest BCUT2D eigenvalue weighted by Gasteiger charge is -2.34. The molecule has 45 heavy (non-hydrogen) atoms. The van der Waals surface area contributed by atoms with Crippen LogP contribution in [0, 0.1) is 6.92 Å². The van der Waals surface area contributed by atoms with Crippen LogP contribution in [0.2, 0.25) is 0 Å². The minimum Gasteiger partial charge on any atom is -0.492 e. The van der Waals surface area contributed by atoms with Crippen molar-refractivity contribution in [1.29, 1.82) is 0 Å². The molecule has 4 N–H and O–H groups in total. The number of nitrogens with one attached hydrogen (secondary N) is 3. The van der Waals surface area contributed by atoms with Crippen molar-refractivity contribution in [3.63, 3.8) is 0 Å². The predicted octanol–water partition coefficient (Wildman–Crippen LogP) is 4.83. The topological polar surface area (TPSA) is 141 Å². The van der Waals surface area contributed by atoms with Gasteiger partial charge in [-0.05, 0) is 47.7 Å². The summed E-state index contributed by atoms with van der Waals surface area (Å²) in [5.41, 5.74) is 5.64. The average Bonchev–Trinajstić information content (AvgIpc) is 3.02. The quantitative estimate of drug-likeness (QED) is 0.178. The van der Waals surface area contributed by atoms with Crippen LogP contribution in [-0.4, -0.2) is 88.5 Å². The van der Waals surface area contributed by atoms with E-state index < -0.39 is 0 Å². The highest BCUT2D eigenvalue weighted by atomic mass is 32.2. The van der Waals surface area contributed by atoms with Gasteiger partial charge in [-0.2, -0.15) is 0 Å². The molecule has 1 aliphatic heterocycles. The Morgan fingerprint density at radius 1 is 1.04 bits per heavy atom. The summed E-state index contributed by atoms with van der Waals surface area (Å²) in [5, 5.41) is 15.7. The van der Waals surface area contributed by atoms with Crippen molar-refractivity contribution in [2.45, 2.75) is 33.1 Å². The predicted molar refractivity (Wildman–Crippen MR) is 182 cm³/mol. The number of benzene rings is 2. The number of ether oxygens (including phenoxy) is 1. The number of aryl methyl sites for hydroxylation is 1. The number of nitrogens with zero attached hydrogens (tertiary/aromatic N) is 6. The Labute approximate surface area is 268 Å². The highest BCUT2D eigenvalue weighted by Gasteiger charge is 2.22. The Balaban J connectivity index is 1.41. The molecule has 0 bridgehead atoms. The standard InChI is InChI=1S/C32H41N9O3S/c1-20-7-8-21(30(43)37-24-16-22(32(2,3)4)17-25(39-45-6)28(24)44-5)15-23(20)36-29-27-26(34-19-35-29)18-33-31(38-27)41-11-9-40(10-12-41)13-14-42/h7-8,15-19,39,42H,9-14H2,1-6H3,(H,37,43)(H,34,35,36). The van der Waals surface area contributed by atoms with Crippen molar-refractivity contribution in [2.75, 3.05) is 73.0 Å². The van der Waals surface area contributed by atoms with Crippen LogP contribution in [0.5, 0.6) is 5.75 Å². The minimum absolute atomic E-state index is 0.139. The van der Waals surface area contributed by atoms with Crippen LogP contribution in [0.15, 0.2) is 42.9 Å². The molecule has 0 saturated carbocycles. The molecular weight excluding hydrogens is 590 g/mol. The molecule has 1 amide bonds. The first kappa shape index (κ1) is 32.2. The van der Waals surface area contributed by atoms with Gasteiger partial charge in [0.1, 0.15) is 17.4 Å². The van der Waals surface area contributed by atoms with Crippen LogP contribution in [0.1, 0.15) is 42.3 Å². The Kier molecular flexibility index (Phi) is 9.90. The Bertz CT molecular complexity index is 1670. The number of hydrogen-bond acceptors (Lipinski definition) is 12. The highest BCUT2D eigenvalue weighted by molar-refractivity contribution is 7.99. The molecule has 1 aliphatic rings. The lowest BCUT2D eigenvalue weighted by Crippen LogP contribution is -2.47. The fourth-order valence-corrected chi connectivity index (χ4v) is 5.55. The first-order valence-electron chi connectivity index (χ1n) is 14.9. The van der Waals surface area contributed by atoms with E-state index in [9.17, 15) is 9.90 Å². The van der Waals surface area contributed by atoms with E-state index in [2.05, 4.69) is 66.9 Å².